The van der Waals surface area contributed by atoms with E-state index in [2.05, 4.69) is 5.32 Å². The number of halogens is 2. The van der Waals surface area contributed by atoms with E-state index in [1.54, 1.807) is 0 Å². The Morgan fingerprint density at radius 2 is 1.93 bits per heavy atom. The van der Waals surface area contributed by atoms with Crippen molar-refractivity contribution in [1.82, 2.24) is 20.0 Å². The van der Waals surface area contributed by atoms with E-state index in [0.29, 0.717) is 0 Å². The number of amides is 3. The van der Waals surface area contributed by atoms with Gasteiger partial charge in [0, 0.05) is 26.1 Å². The quantitative estimate of drug-likeness (QED) is 0.578. The van der Waals surface area contributed by atoms with Crippen LogP contribution in [0.2, 0.25) is 0 Å². The largest absolute Gasteiger partial charge is 0.480 e. The van der Waals surface area contributed by atoms with Gasteiger partial charge in [0.2, 0.25) is 17.7 Å². The van der Waals surface area contributed by atoms with E-state index in [-0.39, 0.29) is 51.3 Å². The second-order valence-corrected chi connectivity index (χ2v) is 7.19. The van der Waals surface area contributed by atoms with Gasteiger partial charge in [0.1, 0.15) is 6.04 Å². The second kappa shape index (κ2) is 7.47. The maximum atomic E-state index is 14.5. The van der Waals surface area contributed by atoms with Crippen molar-refractivity contribution in [1.29, 1.82) is 0 Å². The van der Waals surface area contributed by atoms with Gasteiger partial charge >= 0.3 is 5.97 Å². The number of piperidine rings is 2. The first-order valence-corrected chi connectivity index (χ1v) is 8.86. The number of piperazine rings is 1. The molecule has 2 unspecified atom stereocenters. The van der Waals surface area contributed by atoms with Gasteiger partial charge in [0.25, 0.3) is 5.92 Å². The molecule has 0 spiro atoms. The normalized spacial score (nSPS) is 30.3. The van der Waals surface area contributed by atoms with Crippen molar-refractivity contribution in [2.45, 2.75) is 37.3 Å². The predicted molar refractivity (Wildman–Crippen MR) is 86.9 cm³/mol. The molecule has 9 nitrogen and oxygen atoms in total. The fourth-order valence-electron chi connectivity index (χ4n) is 4.05. The summed E-state index contributed by atoms with van der Waals surface area (Å²) in [5.41, 5.74) is 0. The molecule has 0 aliphatic carbocycles. The molecule has 0 aromatic heterocycles. The molecule has 0 bridgehead atoms. The second-order valence-electron chi connectivity index (χ2n) is 7.19. The topological polar surface area (TPSA) is 110 Å². The highest BCUT2D eigenvalue weighted by atomic mass is 19.3. The lowest BCUT2D eigenvalue weighted by Gasteiger charge is -2.46. The first kappa shape index (κ1) is 19.6. The fourth-order valence-corrected chi connectivity index (χ4v) is 4.05. The number of nitrogens with zero attached hydrogens (tertiary/aromatic N) is 3. The van der Waals surface area contributed by atoms with Crippen LogP contribution in [0.5, 0.6) is 0 Å². The number of hydrogen-bond donors (Lipinski definition) is 2. The van der Waals surface area contributed by atoms with E-state index < -0.39 is 48.9 Å². The van der Waals surface area contributed by atoms with Crippen LogP contribution in [-0.4, -0.2) is 101 Å². The fraction of sp³-hybridized carbons (Fsp3) is 0.750. The Balaban J connectivity index is 1.61. The third-order valence-corrected chi connectivity index (χ3v) is 5.31. The number of carboxylic acid groups (broad SMARTS) is 1. The summed E-state index contributed by atoms with van der Waals surface area (Å²) in [7, 11) is 0. The van der Waals surface area contributed by atoms with Crippen molar-refractivity contribution < 1.29 is 33.1 Å². The van der Waals surface area contributed by atoms with Crippen molar-refractivity contribution in [3.63, 3.8) is 0 Å². The van der Waals surface area contributed by atoms with E-state index in [4.69, 9.17) is 5.11 Å². The van der Waals surface area contributed by atoms with Gasteiger partial charge in [0.15, 0.2) is 0 Å². The summed E-state index contributed by atoms with van der Waals surface area (Å²) in [6.45, 7) is -0.778. The molecule has 0 aromatic carbocycles. The molecular formula is C16H22F2N4O5. The standard InChI is InChI=1S/C16H22F2N4O5/c17-16(18)9-20(8-14(25)26)4-3-11(16)21-5-6-22(13(24)7-21)10-1-2-12(23)19-15(10)27/h10-11H,1-9H2,(H,25,26)(H,19,23,27). The summed E-state index contributed by atoms with van der Waals surface area (Å²) in [5.74, 6) is -5.61. The van der Waals surface area contributed by atoms with Gasteiger partial charge in [0.05, 0.1) is 25.7 Å². The lowest BCUT2D eigenvalue weighted by atomic mass is 9.97. The average Bonchev–Trinajstić information content (AvgIpc) is 2.54. The Bertz CT molecular complexity index is 659. The summed E-state index contributed by atoms with van der Waals surface area (Å²) in [5, 5.41) is 11.0. The van der Waals surface area contributed by atoms with Crippen LogP contribution in [0.25, 0.3) is 0 Å². The van der Waals surface area contributed by atoms with E-state index in [0.717, 1.165) is 0 Å². The third kappa shape index (κ3) is 4.24. The molecule has 3 saturated heterocycles. The molecule has 0 radical (unpaired) electrons. The van der Waals surface area contributed by atoms with E-state index in [9.17, 15) is 28.0 Å². The minimum absolute atomic E-state index is 0.0615. The van der Waals surface area contributed by atoms with Crippen LogP contribution in [0.15, 0.2) is 0 Å². The Morgan fingerprint density at radius 3 is 2.52 bits per heavy atom. The molecule has 3 aliphatic rings. The van der Waals surface area contributed by atoms with Crippen molar-refractivity contribution in [3.05, 3.63) is 0 Å². The molecule has 3 aliphatic heterocycles. The highest BCUT2D eigenvalue weighted by molar-refractivity contribution is 6.01. The molecule has 150 valence electrons. The zero-order valence-corrected chi connectivity index (χ0v) is 14.7. The van der Waals surface area contributed by atoms with E-state index >= 15 is 0 Å². The minimum atomic E-state index is -3.13. The first-order chi connectivity index (χ1) is 12.7. The smallest absolute Gasteiger partial charge is 0.317 e. The maximum absolute atomic E-state index is 14.5. The number of hydrogen-bond acceptors (Lipinski definition) is 6. The van der Waals surface area contributed by atoms with Gasteiger partial charge in [-0.1, -0.05) is 0 Å². The van der Waals surface area contributed by atoms with Crippen LogP contribution >= 0.6 is 0 Å². The number of aliphatic carboxylic acids is 1. The first-order valence-electron chi connectivity index (χ1n) is 8.86. The number of nitrogens with one attached hydrogen (secondary N) is 1. The summed E-state index contributed by atoms with van der Waals surface area (Å²) in [6.07, 6.45) is 0.441. The molecule has 11 heteroatoms. The SMILES string of the molecule is O=C(O)CN1CCC(N2CCN(C3CCC(=O)NC3=O)C(=O)C2)C(F)(F)C1. The van der Waals surface area contributed by atoms with Crippen LogP contribution < -0.4 is 5.32 Å². The number of carboxylic acids is 1. The lowest BCUT2D eigenvalue weighted by Crippen LogP contribution is -2.65. The van der Waals surface area contributed by atoms with Gasteiger partial charge in [-0.2, -0.15) is 0 Å². The monoisotopic (exact) mass is 388 g/mol. The Morgan fingerprint density at radius 1 is 1.19 bits per heavy atom. The molecule has 3 heterocycles. The lowest BCUT2D eigenvalue weighted by molar-refractivity contribution is -0.161. The van der Waals surface area contributed by atoms with Gasteiger partial charge in [-0.15, -0.1) is 0 Å². The number of carbonyl (C=O) groups excluding carboxylic acids is 3. The van der Waals surface area contributed by atoms with Gasteiger partial charge in [-0.3, -0.25) is 34.3 Å². The maximum Gasteiger partial charge on any atom is 0.317 e. The Labute approximate surface area is 154 Å². The molecule has 0 aromatic rings. The van der Waals surface area contributed by atoms with Crippen LogP contribution in [0.4, 0.5) is 8.78 Å². The van der Waals surface area contributed by atoms with Gasteiger partial charge in [-0.05, 0) is 12.8 Å². The van der Waals surface area contributed by atoms with E-state index in [1.165, 1.54) is 14.7 Å². The van der Waals surface area contributed by atoms with Gasteiger partial charge < -0.3 is 10.0 Å². The van der Waals surface area contributed by atoms with Crippen molar-refractivity contribution in [2.24, 2.45) is 0 Å². The number of alkyl halides is 2. The molecular weight excluding hydrogens is 366 g/mol. The zero-order valence-electron chi connectivity index (χ0n) is 14.7. The minimum Gasteiger partial charge on any atom is -0.480 e. The predicted octanol–water partition coefficient (Wildman–Crippen LogP) is -1.27. The summed E-state index contributed by atoms with van der Waals surface area (Å²) < 4.78 is 29.1. The summed E-state index contributed by atoms with van der Waals surface area (Å²) in [6, 6.07) is -1.88. The van der Waals surface area contributed by atoms with Crippen molar-refractivity contribution in [3.8, 4) is 0 Å². The van der Waals surface area contributed by atoms with Crippen LogP contribution in [0.3, 0.4) is 0 Å². The highest BCUT2D eigenvalue weighted by Crippen LogP contribution is 2.32. The third-order valence-electron chi connectivity index (χ3n) is 5.31. The highest BCUT2D eigenvalue weighted by Gasteiger charge is 2.49. The molecule has 0 saturated carbocycles. The molecule has 3 amide bonds. The molecule has 3 rings (SSSR count). The molecule has 2 N–H and O–H groups in total. The van der Waals surface area contributed by atoms with E-state index in [1.807, 2.05) is 0 Å². The number of imide groups is 1. The van der Waals surface area contributed by atoms with Crippen LogP contribution in [0, 0.1) is 0 Å². The van der Waals surface area contributed by atoms with Crippen molar-refractivity contribution in [2.75, 3.05) is 39.3 Å². The molecule has 2 atom stereocenters. The van der Waals surface area contributed by atoms with Gasteiger partial charge in [-0.25, -0.2) is 8.78 Å². The number of likely N-dealkylation sites (tertiary alicyclic amines) is 1. The number of rotatable bonds is 4. The number of carbonyl (C=O) groups is 4. The molecule has 27 heavy (non-hydrogen) atoms. The average molecular weight is 388 g/mol. The van der Waals surface area contributed by atoms with Crippen molar-refractivity contribution >= 4 is 23.7 Å². The Kier molecular flexibility index (Phi) is 5.43. The Hall–Kier alpha value is -2.14. The summed E-state index contributed by atoms with van der Waals surface area (Å²) in [4.78, 5) is 50.4. The molecule has 3 fully saturated rings. The summed E-state index contributed by atoms with van der Waals surface area (Å²) >= 11 is 0. The zero-order chi connectivity index (χ0) is 19.8. The van der Waals surface area contributed by atoms with Crippen LogP contribution in [-0.2, 0) is 19.2 Å². The van der Waals surface area contributed by atoms with Crippen LogP contribution in [0.1, 0.15) is 19.3 Å².